The Morgan fingerprint density at radius 2 is 1.82 bits per heavy atom. The number of rotatable bonds is 3. The highest BCUT2D eigenvalue weighted by atomic mass is 35.5. The quantitative estimate of drug-likeness (QED) is 0.866. The highest BCUT2D eigenvalue weighted by Gasteiger charge is 2.18. The zero-order valence-corrected chi connectivity index (χ0v) is 13.1. The first-order valence-electron chi connectivity index (χ1n) is 6.83. The van der Waals surface area contributed by atoms with Crippen LogP contribution in [0.5, 0.6) is 11.5 Å². The summed E-state index contributed by atoms with van der Waals surface area (Å²) in [5.74, 6) is 1.36. The zero-order chi connectivity index (χ0) is 15.5. The maximum atomic E-state index is 6.10. The molecule has 0 amide bonds. The van der Waals surface area contributed by atoms with Crippen molar-refractivity contribution in [2.75, 3.05) is 14.2 Å². The van der Waals surface area contributed by atoms with E-state index in [0.717, 1.165) is 22.4 Å². The molecule has 112 valence electrons. The molecule has 0 unspecified atom stereocenters. The van der Waals surface area contributed by atoms with Crippen LogP contribution < -0.4 is 9.47 Å². The molecule has 0 radical (unpaired) electrons. The molecular formula is C17H15ClN2O2. The predicted octanol–water partition coefficient (Wildman–Crippen LogP) is 3.74. The van der Waals surface area contributed by atoms with Gasteiger partial charge in [-0.15, -0.1) is 0 Å². The fraction of sp³-hybridized carbons (Fsp3) is 0.176. The van der Waals surface area contributed by atoms with E-state index in [9.17, 15) is 0 Å². The summed E-state index contributed by atoms with van der Waals surface area (Å²) in [4.78, 5) is 0. The van der Waals surface area contributed by atoms with Crippen molar-refractivity contribution in [3.8, 4) is 11.5 Å². The second kappa shape index (κ2) is 6.20. The van der Waals surface area contributed by atoms with Crippen LogP contribution in [0, 0.1) is 0 Å². The largest absolute Gasteiger partial charge is 0.493 e. The van der Waals surface area contributed by atoms with Gasteiger partial charge >= 0.3 is 0 Å². The Morgan fingerprint density at radius 1 is 1.05 bits per heavy atom. The van der Waals surface area contributed by atoms with Crippen LogP contribution in [0.15, 0.2) is 46.6 Å². The summed E-state index contributed by atoms with van der Waals surface area (Å²) in [6.45, 7) is 0. The Kier molecular flexibility index (Phi) is 4.11. The highest BCUT2D eigenvalue weighted by Crippen LogP contribution is 2.33. The SMILES string of the molecule is COc1cc2c(cc1OC)C(c1cccc(Cl)c1)=NN=CC2. The molecule has 4 nitrogen and oxygen atoms in total. The minimum absolute atomic E-state index is 0.662. The number of fused-ring (bicyclic) bond motifs is 1. The summed E-state index contributed by atoms with van der Waals surface area (Å²) in [5, 5.41) is 9.12. The van der Waals surface area contributed by atoms with Gasteiger partial charge in [0.05, 0.1) is 14.2 Å². The average Bonchev–Trinajstić information content (AvgIpc) is 2.75. The zero-order valence-electron chi connectivity index (χ0n) is 12.3. The van der Waals surface area contributed by atoms with Gasteiger partial charge in [0, 0.05) is 28.8 Å². The number of nitrogens with zero attached hydrogens (tertiary/aromatic N) is 2. The molecule has 0 fully saturated rings. The van der Waals surface area contributed by atoms with Crippen molar-refractivity contribution in [1.82, 2.24) is 0 Å². The van der Waals surface area contributed by atoms with Crippen LogP contribution in [-0.4, -0.2) is 26.1 Å². The van der Waals surface area contributed by atoms with Gasteiger partial charge in [0.2, 0.25) is 0 Å². The summed E-state index contributed by atoms with van der Waals surface area (Å²) < 4.78 is 10.8. The number of hydrogen-bond donors (Lipinski definition) is 0. The van der Waals surface area contributed by atoms with E-state index in [1.165, 1.54) is 0 Å². The van der Waals surface area contributed by atoms with Crippen molar-refractivity contribution in [2.45, 2.75) is 6.42 Å². The Hall–Kier alpha value is -2.33. The molecule has 0 atom stereocenters. The maximum Gasteiger partial charge on any atom is 0.161 e. The summed E-state index contributed by atoms with van der Waals surface area (Å²) in [7, 11) is 3.24. The maximum absolute atomic E-state index is 6.10. The van der Waals surface area contributed by atoms with E-state index >= 15 is 0 Å². The van der Waals surface area contributed by atoms with Gasteiger partial charge in [-0.25, -0.2) is 0 Å². The van der Waals surface area contributed by atoms with Crippen LogP contribution >= 0.6 is 11.6 Å². The van der Waals surface area contributed by atoms with Crippen LogP contribution in [0.2, 0.25) is 5.02 Å². The third kappa shape index (κ3) is 2.70. The van der Waals surface area contributed by atoms with Crippen LogP contribution in [0.25, 0.3) is 0 Å². The van der Waals surface area contributed by atoms with Gasteiger partial charge in [-0.2, -0.15) is 10.2 Å². The first-order chi connectivity index (χ1) is 10.7. The van der Waals surface area contributed by atoms with Gasteiger partial charge in [-0.3, -0.25) is 0 Å². The van der Waals surface area contributed by atoms with E-state index in [1.807, 2.05) is 36.4 Å². The Labute approximate surface area is 134 Å². The predicted molar refractivity (Wildman–Crippen MR) is 88.8 cm³/mol. The van der Waals surface area contributed by atoms with Crippen molar-refractivity contribution in [3.63, 3.8) is 0 Å². The molecule has 3 rings (SSSR count). The van der Waals surface area contributed by atoms with E-state index in [-0.39, 0.29) is 0 Å². The Bertz CT molecular complexity index is 769. The van der Waals surface area contributed by atoms with Crippen molar-refractivity contribution in [1.29, 1.82) is 0 Å². The number of hydrogen-bond acceptors (Lipinski definition) is 4. The number of ether oxygens (including phenoxy) is 2. The first kappa shape index (κ1) is 14.6. The second-order valence-electron chi connectivity index (χ2n) is 4.83. The van der Waals surface area contributed by atoms with Crippen molar-refractivity contribution < 1.29 is 9.47 Å². The fourth-order valence-corrected chi connectivity index (χ4v) is 2.64. The molecule has 2 aromatic rings. The molecule has 0 N–H and O–H groups in total. The molecule has 0 aromatic heterocycles. The Balaban J connectivity index is 2.19. The highest BCUT2D eigenvalue weighted by molar-refractivity contribution is 6.31. The monoisotopic (exact) mass is 314 g/mol. The van der Waals surface area contributed by atoms with Gasteiger partial charge < -0.3 is 9.47 Å². The van der Waals surface area contributed by atoms with Gasteiger partial charge in [0.15, 0.2) is 11.5 Å². The average molecular weight is 315 g/mol. The molecule has 1 aliphatic rings. The standard InChI is InChI=1S/C17H15ClN2O2/c1-21-15-9-11-6-7-19-20-17(14(11)10-16(15)22-2)12-4-3-5-13(18)8-12/h3-5,7-10H,6H2,1-2H3. The van der Waals surface area contributed by atoms with Crippen molar-refractivity contribution in [3.05, 3.63) is 58.1 Å². The smallest absolute Gasteiger partial charge is 0.161 e. The summed E-state index contributed by atoms with van der Waals surface area (Å²) in [6, 6.07) is 11.5. The van der Waals surface area contributed by atoms with Crippen LogP contribution in [0.1, 0.15) is 16.7 Å². The molecule has 0 bridgehead atoms. The lowest BCUT2D eigenvalue weighted by Gasteiger charge is -2.14. The van der Waals surface area contributed by atoms with E-state index in [4.69, 9.17) is 21.1 Å². The molecule has 22 heavy (non-hydrogen) atoms. The van der Waals surface area contributed by atoms with Gasteiger partial charge in [-0.05, 0) is 29.8 Å². The van der Waals surface area contributed by atoms with Crippen LogP contribution in [-0.2, 0) is 6.42 Å². The third-order valence-corrected chi connectivity index (χ3v) is 3.75. The fourth-order valence-electron chi connectivity index (χ4n) is 2.45. The minimum Gasteiger partial charge on any atom is -0.493 e. The lowest BCUT2D eigenvalue weighted by Crippen LogP contribution is -2.07. The Morgan fingerprint density at radius 3 is 2.55 bits per heavy atom. The molecule has 0 aliphatic carbocycles. The molecule has 0 saturated carbocycles. The second-order valence-corrected chi connectivity index (χ2v) is 5.26. The normalized spacial score (nSPS) is 13.1. The molecule has 0 spiro atoms. The molecule has 5 heteroatoms. The van der Waals surface area contributed by atoms with Gasteiger partial charge in [0.1, 0.15) is 5.71 Å². The van der Waals surface area contributed by atoms with Gasteiger partial charge in [-0.1, -0.05) is 23.7 Å². The number of halogens is 1. The van der Waals surface area contributed by atoms with Crippen LogP contribution in [0.3, 0.4) is 0 Å². The van der Waals surface area contributed by atoms with Crippen LogP contribution in [0.4, 0.5) is 0 Å². The summed E-state index contributed by atoms with van der Waals surface area (Å²) in [5.41, 5.74) is 3.74. The van der Waals surface area contributed by atoms with E-state index < -0.39 is 0 Å². The van der Waals surface area contributed by atoms with Gasteiger partial charge in [0.25, 0.3) is 0 Å². The summed E-state index contributed by atoms with van der Waals surface area (Å²) >= 11 is 6.10. The van der Waals surface area contributed by atoms with E-state index in [1.54, 1.807) is 20.4 Å². The van der Waals surface area contributed by atoms with Crippen molar-refractivity contribution in [2.24, 2.45) is 10.2 Å². The molecular weight excluding hydrogens is 300 g/mol. The molecule has 1 aliphatic heterocycles. The lowest BCUT2D eigenvalue weighted by atomic mass is 9.95. The minimum atomic E-state index is 0.662. The molecule has 2 aromatic carbocycles. The van der Waals surface area contributed by atoms with E-state index in [0.29, 0.717) is 22.9 Å². The topological polar surface area (TPSA) is 43.2 Å². The molecule has 0 saturated heterocycles. The van der Waals surface area contributed by atoms with Crippen molar-refractivity contribution >= 4 is 23.5 Å². The van der Waals surface area contributed by atoms with E-state index in [2.05, 4.69) is 10.2 Å². The third-order valence-electron chi connectivity index (χ3n) is 3.51. The molecule has 1 heterocycles. The first-order valence-corrected chi connectivity index (χ1v) is 7.21. The lowest BCUT2D eigenvalue weighted by molar-refractivity contribution is 0.354. The number of benzene rings is 2. The summed E-state index contributed by atoms with van der Waals surface area (Å²) in [6.07, 6.45) is 2.46. The number of methoxy groups -OCH3 is 2.